The second-order valence-corrected chi connectivity index (χ2v) is 8.67. The molecule has 0 saturated carbocycles. The molecule has 9 heteroatoms. The monoisotopic (exact) mass is 484 g/mol. The average molecular weight is 485 g/mol. The van der Waals surface area contributed by atoms with E-state index in [0.29, 0.717) is 38.3 Å². The van der Waals surface area contributed by atoms with Gasteiger partial charge < -0.3 is 10.2 Å². The first-order valence-electron chi connectivity index (χ1n) is 11.6. The highest BCUT2D eigenvalue weighted by Crippen LogP contribution is 2.29. The van der Waals surface area contributed by atoms with Crippen LogP contribution in [0.3, 0.4) is 0 Å². The van der Waals surface area contributed by atoms with E-state index >= 15 is 0 Å². The fourth-order valence-corrected chi connectivity index (χ4v) is 4.18. The van der Waals surface area contributed by atoms with Gasteiger partial charge in [-0.15, -0.1) is 0 Å². The van der Waals surface area contributed by atoms with Crippen molar-refractivity contribution in [2.24, 2.45) is 5.92 Å². The van der Waals surface area contributed by atoms with Crippen LogP contribution < -0.4 is 5.32 Å². The summed E-state index contributed by atoms with van der Waals surface area (Å²) in [5.41, 5.74) is 1.75. The van der Waals surface area contributed by atoms with Crippen LogP contribution >= 0.6 is 0 Å². The van der Waals surface area contributed by atoms with E-state index in [4.69, 9.17) is 0 Å². The van der Waals surface area contributed by atoms with Crippen molar-refractivity contribution in [2.45, 2.75) is 38.9 Å². The number of carbonyl (C=O) groups is 2. The van der Waals surface area contributed by atoms with Gasteiger partial charge >= 0.3 is 6.18 Å². The number of nitrogens with one attached hydrogen (secondary N) is 1. The zero-order valence-electron chi connectivity index (χ0n) is 19.4. The van der Waals surface area contributed by atoms with Crippen LogP contribution in [-0.2, 0) is 23.9 Å². The van der Waals surface area contributed by atoms with E-state index in [1.807, 2.05) is 0 Å². The van der Waals surface area contributed by atoms with Gasteiger partial charge in [0.2, 0.25) is 5.91 Å². The van der Waals surface area contributed by atoms with Crippen molar-refractivity contribution in [3.8, 4) is 0 Å². The fourth-order valence-electron chi connectivity index (χ4n) is 4.18. The van der Waals surface area contributed by atoms with Crippen molar-refractivity contribution < 1.29 is 22.8 Å². The minimum atomic E-state index is -4.44. The molecule has 184 valence electrons. The highest BCUT2D eigenvalue weighted by Gasteiger charge is 2.31. The molecule has 4 rings (SSSR count). The van der Waals surface area contributed by atoms with Crippen LogP contribution in [0.1, 0.15) is 46.8 Å². The summed E-state index contributed by atoms with van der Waals surface area (Å²) >= 11 is 0. The molecule has 1 aliphatic heterocycles. The summed E-state index contributed by atoms with van der Waals surface area (Å²) in [6.07, 6.45) is -0.878. The molecule has 1 aliphatic rings. The SMILES string of the molecule is CCc1ccc(Cn2nccc2NC(=O)C2CCN(C(=O)c3ccc(C(F)(F)F)cc3)CC2)cc1. The standard InChI is InChI=1S/C26H27F3N4O2/c1-2-18-3-5-19(6-4-18)17-33-23(11-14-30-33)31-24(34)20-12-15-32(16-13-20)25(35)21-7-9-22(10-8-21)26(27,28)29/h3-11,14,20H,2,12-13,15-17H2,1H3,(H,31,34). The van der Waals surface area contributed by atoms with E-state index in [9.17, 15) is 22.8 Å². The topological polar surface area (TPSA) is 67.2 Å². The lowest BCUT2D eigenvalue weighted by Crippen LogP contribution is -2.41. The quantitative estimate of drug-likeness (QED) is 0.535. The summed E-state index contributed by atoms with van der Waals surface area (Å²) in [7, 11) is 0. The van der Waals surface area contributed by atoms with Crippen LogP contribution in [0.5, 0.6) is 0 Å². The Bertz CT molecular complexity index is 1160. The third-order valence-electron chi connectivity index (χ3n) is 6.34. The Morgan fingerprint density at radius 2 is 1.60 bits per heavy atom. The summed E-state index contributed by atoms with van der Waals surface area (Å²) in [5.74, 6) is -0.115. The molecule has 6 nitrogen and oxygen atoms in total. The van der Waals surface area contributed by atoms with Crippen LogP contribution in [0.2, 0.25) is 0 Å². The largest absolute Gasteiger partial charge is 0.416 e. The smallest absolute Gasteiger partial charge is 0.339 e. The van der Waals surface area contributed by atoms with Gasteiger partial charge in [0.05, 0.1) is 18.3 Å². The molecule has 1 aromatic heterocycles. The predicted octanol–water partition coefficient (Wildman–Crippen LogP) is 5.00. The minimum absolute atomic E-state index is 0.130. The van der Waals surface area contributed by atoms with Crippen LogP contribution in [0, 0.1) is 5.92 Å². The molecule has 2 amide bonds. The number of rotatable bonds is 6. The lowest BCUT2D eigenvalue weighted by Gasteiger charge is -2.31. The maximum Gasteiger partial charge on any atom is 0.416 e. The number of halogens is 3. The Morgan fingerprint density at radius 3 is 2.20 bits per heavy atom. The molecule has 1 fully saturated rings. The van der Waals surface area contributed by atoms with Crippen LogP contribution in [0.15, 0.2) is 60.8 Å². The molecule has 0 spiro atoms. The number of hydrogen-bond acceptors (Lipinski definition) is 3. The zero-order chi connectivity index (χ0) is 25.0. The summed E-state index contributed by atoms with van der Waals surface area (Å²) in [6, 6.07) is 14.2. The number of benzene rings is 2. The fraction of sp³-hybridized carbons (Fsp3) is 0.346. The number of piperidine rings is 1. The summed E-state index contributed by atoms with van der Waals surface area (Å²) < 4.78 is 40.0. The number of anilines is 1. The molecule has 0 bridgehead atoms. The number of alkyl halides is 3. The van der Waals surface area contributed by atoms with Crippen LogP contribution in [-0.4, -0.2) is 39.6 Å². The number of amides is 2. The van der Waals surface area contributed by atoms with E-state index in [1.54, 1.807) is 21.8 Å². The predicted molar refractivity (Wildman–Crippen MR) is 126 cm³/mol. The van der Waals surface area contributed by atoms with Crippen LogP contribution in [0.4, 0.5) is 19.0 Å². The molecular weight excluding hydrogens is 457 g/mol. The zero-order valence-corrected chi connectivity index (χ0v) is 19.4. The average Bonchev–Trinajstić information content (AvgIpc) is 3.30. The first-order chi connectivity index (χ1) is 16.7. The first-order valence-corrected chi connectivity index (χ1v) is 11.6. The van der Waals surface area contributed by atoms with Gasteiger partial charge in [-0.1, -0.05) is 31.2 Å². The van der Waals surface area contributed by atoms with E-state index in [1.165, 1.54) is 17.7 Å². The van der Waals surface area contributed by atoms with Gasteiger partial charge in [0.1, 0.15) is 5.82 Å². The Labute approximate surface area is 201 Å². The third kappa shape index (κ3) is 5.90. The Balaban J connectivity index is 1.31. The van der Waals surface area contributed by atoms with Crippen molar-refractivity contribution in [3.05, 3.63) is 83.0 Å². The lowest BCUT2D eigenvalue weighted by molar-refractivity contribution is -0.137. The molecule has 2 heterocycles. The van der Waals surface area contributed by atoms with Crippen molar-refractivity contribution in [2.75, 3.05) is 18.4 Å². The molecule has 0 unspecified atom stereocenters. The minimum Gasteiger partial charge on any atom is -0.339 e. The highest BCUT2D eigenvalue weighted by molar-refractivity contribution is 5.95. The molecule has 1 saturated heterocycles. The van der Waals surface area contributed by atoms with E-state index in [0.717, 1.165) is 24.1 Å². The molecule has 0 aliphatic carbocycles. The Morgan fingerprint density at radius 1 is 0.971 bits per heavy atom. The number of aryl methyl sites for hydroxylation is 1. The van der Waals surface area contributed by atoms with E-state index < -0.39 is 11.7 Å². The number of hydrogen-bond donors (Lipinski definition) is 1. The summed E-state index contributed by atoms with van der Waals surface area (Å²) in [4.78, 5) is 27.1. The normalized spacial score (nSPS) is 14.7. The van der Waals surface area contributed by atoms with E-state index in [2.05, 4.69) is 41.6 Å². The number of aromatic nitrogens is 2. The Kier molecular flexibility index (Phi) is 7.23. The molecule has 0 atom stereocenters. The van der Waals surface area contributed by atoms with Crippen molar-refractivity contribution in [1.29, 1.82) is 0 Å². The molecule has 0 radical (unpaired) electrons. The maximum atomic E-state index is 12.9. The second-order valence-electron chi connectivity index (χ2n) is 8.67. The van der Waals surface area contributed by atoms with Gasteiger partial charge in [0.15, 0.2) is 0 Å². The van der Waals surface area contributed by atoms with Gasteiger partial charge in [0, 0.05) is 30.6 Å². The van der Waals surface area contributed by atoms with Gasteiger partial charge in [-0.25, -0.2) is 4.68 Å². The number of carbonyl (C=O) groups excluding carboxylic acids is 2. The van der Waals surface area contributed by atoms with Gasteiger partial charge in [-0.2, -0.15) is 18.3 Å². The molecule has 1 N–H and O–H groups in total. The number of likely N-dealkylation sites (tertiary alicyclic amines) is 1. The maximum absolute atomic E-state index is 12.9. The first kappa shape index (κ1) is 24.5. The van der Waals surface area contributed by atoms with Gasteiger partial charge in [-0.05, 0) is 54.7 Å². The van der Waals surface area contributed by atoms with Crippen LogP contribution in [0.25, 0.3) is 0 Å². The highest BCUT2D eigenvalue weighted by atomic mass is 19.4. The molecule has 2 aromatic carbocycles. The van der Waals surface area contributed by atoms with Gasteiger partial charge in [0.25, 0.3) is 5.91 Å². The molecular formula is C26H27F3N4O2. The Hall–Kier alpha value is -3.62. The molecule has 3 aromatic rings. The number of nitrogens with zero attached hydrogens (tertiary/aromatic N) is 3. The molecule has 35 heavy (non-hydrogen) atoms. The van der Waals surface area contributed by atoms with E-state index in [-0.39, 0.29) is 23.3 Å². The van der Waals surface area contributed by atoms with Crippen molar-refractivity contribution in [3.63, 3.8) is 0 Å². The summed E-state index contributed by atoms with van der Waals surface area (Å²) in [6.45, 7) is 3.36. The van der Waals surface area contributed by atoms with Gasteiger partial charge in [-0.3, -0.25) is 9.59 Å². The van der Waals surface area contributed by atoms with Crippen molar-refractivity contribution >= 4 is 17.6 Å². The lowest BCUT2D eigenvalue weighted by atomic mass is 9.95. The second kappa shape index (κ2) is 10.3. The third-order valence-corrected chi connectivity index (χ3v) is 6.34. The van der Waals surface area contributed by atoms with Crippen molar-refractivity contribution in [1.82, 2.24) is 14.7 Å². The summed E-state index contributed by atoms with van der Waals surface area (Å²) in [5, 5.41) is 7.27.